The summed E-state index contributed by atoms with van der Waals surface area (Å²) in [6, 6.07) is 10.9. The number of para-hydroxylation sites is 1. The fourth-order valence-corrected chi connectivity index (χ4v) is 4.25. The third-order valence-electron chi connectivity index (χ3n) is 5.10. The standard InChI is InChI=1S/C22H17N5O5S/c28-18(8-15-21(31)24-13-4-2-1-3-12(13)20(30)25-15)27-22-26-16(10-33-22)11-5-6-17-14(7-11)23-19(29)9-32-17/h1-7,10,15H,8-9H2,(H,23,29)(H,24,31)(H,25,30)(H,26,27,28). The average molecular weight is 463 g/mol. The van der Waals surface area contributed by atoms with E-state index in [2.05, 4.69) is 26.3 Å². The first kappa shape index (κ1) is 20.6. The first-order chi connectivity index (χ1) is 16.0. The molecule has 2 aliphatic rings. The molecular weight excluding hydrogens is 446 g/mol. The van der Waals surface area contributed by atoms with E-state index in [0.29, 0.717) is 33.5 Å². The largest absolute Gasteiger partial charge is 0.482 e. The highest BCUT2D eigenvalue weighted by atomic mass is 32.1. The molecule has 0 bridgehead atoms. The maximum absolute atomic E-state index is 12.6. The van der Waals surface area contributed by atoms with Gasteiger partial charge in [0.2, 0.25) is 11.8 Å². The number of ether oxygens (including phenoxy) is 1. The predicted molar refractivity (Wildman–Crippen MR) is 121 cm³/mol. The molecule has 3 heterocycles. The van der Waals surface area contributed by atoms with Crippen LogP contribution in [0.25, 0.3) is 11.3 Å². The average Bonchev–Trinajstić information content (AvgIpc) is 3.22. The van der Waals surface area contributed by atoms with Crippen LogP contribution in [0.2, 0.25) is 0 Å². The molecule has 5 rings (SSSR count). The van der Waals surface area contributed by atoms with Crippen LogP contribution in [0.5, 0.6) is 5.75 Å². The number of carbonyl (C=O) groups is 4. The van der Waals surface area contributed by atoms with Crippen LogP contribution in [0.4, 0.5) is 16.5 Å². The van der Waals surface area contributed by atoms with Crippen LogP contribution in [0.3, 0.4) is 0 Å². The maximum atomic E-state index is 12.6. The second kappa shape index (κ2) is 8.36. The zero-order valence-corrected chi connectivity index (χ0v) is 17.8. The number of hydrogen-bond acceptors (Lipinski definition) is 7. The molecule has 1 atom stereocenters. The zero-order valence-electron chi connectivity index (χ0n) is 17.0. The second-order valence-corrected chi connectivity index (χ2v) is 8.26. The van der Waals surface area contributed by atoms with Crippen LogP contribution in [0.1, 0.15) is 16.8 Å². The molecule has 166 valence electrons. The van der Waals surface area contributed by atoms with Gasteiger partial charge in [-0.25, -0.2) is 4.98 Å². The molecule has 0 saturated heterocycles. The van der Waals surface area contributed by atoms with E-state index < -0.39 is 23.8 Å². The summed E-state index contributed by atoms with van der Waals surface area (Å²) in [5, 5.41) is 12.8. The Bertz CT molecular complexity index is 1300. The van der Waals surface area contributed by atoms with Gasteiger partial charge < -0.3 is 26.0 Å². The summed E-state index contributed by atoms with van der Waals surface area (Å²) < 4.78 is 5.35. The van der Waals surface area contributed by atoms with Crippen LogP contribution >= 0.6 is 11.3 Å². The van der Waals surface area contributed by atoms with Crippen LogP contribution in [0.15, 0.2) is 47.8 Å². The van der Waals surface area contributed by atoms with Crippen LogP contribution < -0.4 is 26.0 Å². The first-order valence-corrected chi connectivity index (χ1v) is 10.9. The van der Waals surface area contributed by atoms with Gasteiger partial charge in [0.1, 0.15) is 11.8 Å². The highest BCUT2D eigenvalue weighted by molar-refractivity contribution is 7.14. The fourth-order valence-electron chi connectivity index (χ4n) is 3.52. The van der Waals surface area contributed by atoms with Crippen molar-refractivity contribution < 1.29 is 23.9 Å². The monoisotopic (exact) mass is 463 g/mol. The molecule has 0 radical (unpaired) electrons. The van der Waals surface area contributed by atoms with E-state index >= 15 is 0 Å². The first-order valence-electron chi connectivity index (χ1n) is 9.99. The number of aromatic nitrogens is 1. The van der Waals surface area contributed by atoms with Gasteiger partial charge in [-0.1, -0.05) is 12.1 Å². The van der Waals surface area contributed by atoms with Gasteiger partial charge >= 0.3 is 0 Å². The van der Waals surface area contributed by atoms with E-state index in [9.17, 15) is 19.2 Å². The molecule has 0 fully saturated rings. The van der Waals surface area contributed by atoms with Crippen molar-refractivity contribution in [2.75, 3.05) is 22.6 Å². The van der Waals surface area contributed by atoms with Crippen LogP contribution in [-0.4, -0.2) is 41.3 Å². The lowest BCUT2D eigenvalue weighted by atomic mass is 10.1. The number of hydrogen-bond donors (Lipinski definition) is 4. The van der Waals surface area contributed by atoms with E-state index in [1.165, 1.54) is 11.3 Å². The van der Waals surface area contributed by atoms with Crippen molar-refractivity contribution in [2.45, 2.75) is 12.5 Å². The van der Waals surface area contributed by atoms with Gasteiger partial charge in [0.15, 0.2) is 11.7 Å². The topological polar surface area (TPSA) is 139 Å². The summed E-state index contributed by atoms with van der Waals surface area (Å²) in [6.07, 6.45) is -0.247. The number of fused-ring (bicyclic) bond motifs is 2. The van der Waals surface area contributed by atoms with Gasteiger partial charge in [0, 0.05) is 10.9 Å². The molecule has 0 spiro atoms. The van der Waals surface area contributed by atoms with Crippen LogP contribution in [-0.2, 0) is 14.4 Å². The summed E-state index contributed by atoms with van der Waals surface area (Å²) in [6.45, 7) is -0.0230. The van der Waals surface area contributed by atoms with E-state index in [1.807, 2.05) is 0 Å². The molecule has 0 aliphatic carbocycles. The van der Waals surface area contributed by atoms with Crippen molar-refractivity contribution in [3.05, 3.63) is 53.4 Å². The van der Waals surface area contributed by atoms with Gasteiger partial charge in [-0.05, 0) is 30.3 Å². The van der Waals surface area contributed by atoms with E-state index in [0.717, 1.165) is 5.56 Å². The number of thiazole rings is 1. The molecular formula is C22H17N5O5S. The Morgan fingerprint density at radius 3 is 2.85 bits per heavy atom. The van der Waals surface area contributed by atoms with E-state index in [-0.39, 0.29) is 18.9 Å². The van der Waals surface area contributed by atoms with E-state index in [4.69, 9.17) is 4.74 Å². The lowest BCUT2D eigenvalue weighted by Crippen LogP contribution is -2.43. The fraction of sp³-hybridized carbons (Fsp3) is 0.136. The molecule has 1 unspecified atom stereocenters. The van der Waals surface area contributed by atoms with Gasteiger partial charge in [-0.3, -0.25) is 19.2 Å². The second-order valence-electron chi connectivity index (χ2n) is 7.40. The van der Waals surface area contributed by atoms with Crippen molar-refractivity contribution in [2.24, 2.45) is 0 Å². The number of nitrogens with zero attached hydrogens (tertiary/aromatic N) is 1. The van der Waals surface area contributed by atoms with Crippen molar-refractivity contribution in [1.82, 2.24) is 10.3 Å². The molecule has 4 N–H and O–H groups in total. The van der Waals surface area contributed by atoms with Gasteiger partial charge in [0.05, 0.1) is 29.1 Å². The SMILES string of the molecule is O=C(CC1NC(=O)c2ccccc2NC1=O)Nc1nc(-c2ccc3c(c2)NC(=O)CO3)cs1. The Morgan fingerprint density at radius 2 is 1.97 bits per heavy atom. The number of amides is 4. The third kappa shape index (κ3) is 4.26. The quantitative estimate of drug-likeness (QED) is 0.468. The number of benzene rings is 2. The molecule has 33 heavy (non-hydrogen) atoms. The predicted octanol–water partition coefficient (Wildman–Crippen LogP) is 2.22. The van der Waals surface area contributed by atoms with Crippen molar-refractivity contribution in [3.8, 4) is 17.0 Å². The summed E-state index contributed by atoms with van der Waals surface area (Å²) >= 11 is 1.22. The van der Waals surface area contributed by atoms with Crippen LogP contribution in [0, 0.1) is 0 Å². The Labute approximate surface area is 191 Å². The Hall–Kier alpha value is -4.25. The molecule has 11 heteroatoms. The third-order valence-corrected chi connectivity index (χ3v) is 5.86. The molecule has 4 amide bonds. The maximum Gasteiger partial charge on any atom is 0.262 e. The summed E-state index contributed by atoms with van der Waals surface area (Å²) in [5.41, 5.74) is 2.64. The highest BCUT2D eigenvalue weighted by Crippen LogP contribution is 2.33. The number of nitrogens with one attached hydrogen (secondary N) is 4. The molecule has 10 nitrogen and oxygen atoms in total. The van der Waals surface area contributed by atoms with Gasteiger partial charge in [-0.15, -0.1) is 11.3 Å². The van der Waals surface area contributed by atoms with E-state index in [1.54, 1.807) is 47.8 Å². The normalized spacial score (nSPS) is 16.8. The molecule has 2 aliphatic heterocycles. The summed E-state index contributed by atoms with van der Waals surface area (Å²) in [7, 11) is 0. The Balaban J connectivity index is 1.25. The minimum absolute atomic E-state index is 0.0230. The molecule has 2 aromatic carbocycles. The smallest absolute Gasteiger partial charge is 0.262 e. The lowest BCUT2D eigenvalue weighted by molar-refractivity contribution is -0.122. The minimum atomic E-state index is -1.02. The highest BCUT2D eigenvalue weighted by Gasteiger charge is 2.29. The molecule has 3 aromatic rings. The van der Waals surface area contributed by atoms with Gasteiger partial charge in [-0.2, -0.15) is 0 Å². The van der Waals surface area contributed by atoms with Gasteiger partial charge in [0.25, 0.3) is 11.8 Å². The zero-order chi connectivity index (χ0) is 22.9. The summed E-state index contributed by atoms with van der Waals surface area (Å²) in [4.78, 5) is 53.4. The molecule has 1 aromatic heterocycles. The Morgan fingerprint density at radius 1 is 1.12 bits per heavy atom. The van der Waals surface area contributed by atoms with Crippen molar-refractivity contribution in [1.29, 1.82) is 0 Å². The lowest BCUT2D eigenvalue weighted by Gasteiger charge is -2.18. The Kier molecular flexibility index (Phi) is 5.23. The number of anilines is 3. The molecule has 0 saturated carbocycles. The van der Waals surface area contributed by atoms with Crippen molar-refractivity contribution >= 4 is 51.5 Å². The number of rotatable bonds is 4. The number of carbonyl (C=O) groups excluding carboxylic acids is 4. The summed E-state index contributed by atoms with van der Waals surface area (Å²) in [5.74, 6) is -1.02. The van der Waals surface area contributed by atoms with Crippen molar-refractivity contribution in [3.63, 3.8) is 0 Å². The minimum Gasteiger partial charge on any atom is -0.482 e.